The van der Waals surface area contributed by atoms with Crippen LogP contribution >= 0.6 is 11.3 Å². The Morgan fingerprint density at radius 2 is 1.88 bits per heavy atom. The van der Waals surface area contributed by atoms with Crippen LogP contribution in [0.15, 0.2) is 60.7 Å². The number of nitrogens with one attached hydrogen (secondary N) is 2. The molecule has 2 aromatic carbocycles. The summed E-state index contributed by atoms with van der Waals surface area (Å²) in [4.78, 5) is 28.9. The molecule has 0 spiro atoms. The predicted octanol–water partition coefficient (Wildman–Crippen LogP) is 5.06. The fraction of sp³-hybridized carbons (Fsp3) is 0.240. The Kier molecular flexibility index (Phi) is 8.16. The highest BCUT2D eigenvalue weighted by Crippen LogP contribution is 2.27. The smallest absolute Gasteiger partial charge is 0.243 e. The molecule has 0 atom stereocenters. The third kappa shape index (κ3) is 6.52. The first kappa shape index (κ1) is 23.2. The van der Waals surface area contributed by atoms with Crippen molar-refractivity contribution in [2.24, 2.45) is 0 Å². The van der Waals surface area contributed by atoms with E-state index in [-0.39, 0.29) is 30.5 Å². The average molecular weight is 450 g/mol. The molecule has 7 heteroatoms. The minimum absolute atomic E-state index is 0.120. The number of phenolic OH excluding ortho intramolecular Hbond substituents is 1. The number of hydrogen-bond donors (Lipinski definition) is 3. The molecule has 0 saturated heterocycles. The van der Waals surface area contributed by atoms with Crippen molar-refractivity contribution in [2.45, 2.75) is 33.1 Å². The van der Waals surface area contributed by atoms with Crippen LogP contribution in [0, 0.1) is 0 Å². The zero-order chi connectivity index (χ0) is 22.9. The molecule has 0 aliphatic rings. The number of amides is 2. The summed E-state index contributed by atoms with van der Waals surface area (Å²) in [6.07, 6.45) is 8.41. The van der Waals surface area contributed by atoms with Gasteiger partial charge in [0.05, 0.1) is 23.2 Å². The number of benzene rings is 2. The molecule has 3 aromatic rings. The second-order valence-electron chi connectivity index (χ2n) is 7.22. The summed E-state index contributed by atoms with van der Waals surface area (Å²) in [5, 5.41) is 15.3. The number of anilines is 1. The van der Waals surface area contributed by atoms with Crippen molar-refractivity contribution in [2.75, 3.05) is 11.9 Å². The number of carbonyl (C=O) groups is 2. The monoisotopic (exact) mass is 449 g/mol. The molecular weight excluding hydrogens is 422 g/mol. The van der Waals surface area contributed by atoms with Crippen LogP contribution in [0.4, 0.5) is 5.69 Å². The SMILES string of the molecule is CC/C=C\C=C(/CC)c1ccc2nc(CC(=O)NCC(=O)Nc3ccc(O)cc3)sc2c1. The molecule has 0 radical (unpaired) electrons. The highest BCUT2D eigenvalue weighted by atomic mass is 32.1. The lowest BCUT2D eigenvalue weighted by Crippen LogP contribution is -2.33. The van der Waals surface area contributed by atoms with Crippen molar-refractivity contribution < 1.29 is 14.7 Å². The van der Waals surface area contributed by atoms with Crippen LogP contribution in [-0.4, -0.2) is 28.4 Å². The molecule has 0 unspecified atom stereocenters. The Morgan fingerprint density at radius 1 is 1.09 bits per heavy atom. The molecule has 1 heterocycles. The molecule has 6 nitrogen and oxygen atoms in total. The molecule has 0 fully saturated rings. The van der Waals surface area contributed by atoms with Gasteiger partial charge in [0, 0.05) is 5.69 Å². The number of rotatable bonds is 9. The highest BCUT2D eigenvalue weighted by molar-refractivity contribution is 7.18. The van der Waals surface area contributed by atoms with Gasteiger partial charge in [-0.25, -0.2) is 4.98 Å². The van der Waals surface area contributed by atoms with Gasteiger partial charge in [0.2, 0.25) is 11.8 Å². The van der Waals surface area contributed by atoms with Crippen LogP contribution in [0.5, 0.6) is 5.75 Å². The first-order valence-electron chi connectivity index (χ1n) is 10.6. The number of aromatic nitrogens is 1. The van der Waals surface area contributed by atoms with E-state index in [2.05, 4.69) is 59.8 Å². The first-order valence-corrected chi connectivity index (χ1v) is 11.4. The zero-order valence-electron chi connectivity index (χ0n) is 18.2. The van der Waals surface area contributed by atoms with Gasteiger partial charge in [0.25, 0.3) is 0 Å². The topological polar surface area (TPSA) is 91.3 Å². The number of carbonyl (C=O) groups excluding carboxylic acids is 2. The second-order valence-corrected chi connectivity index (χ2v) is 8.34. The van der Waals surface area contributed by atoms with E-state index in [1.807, 2.05) is 6.07 Å². The molecule has 0 bridgehead atoms. The number of thiazole rings is 1. The van der Waals surface area contributed by atoms with Crippen LogP contribution in [0.3, 0.4) is 0 Å². The largest absolute Gasteiger partial charge is 0.508 e. The van der Waals surface area contributed by atoms with Crippen LogP contribution in [0.2, 0.25) is 0 Å². The van der Waals surface area contributed by atoms with Crippen LogP contribution in [-0.2, 0) is 16.0 Å². The van der Waals surface area contributed by atoms with Crippen molar-refractivity contribution in [3.63, 3.8) is 0 Å². The number of allylic oxidation sites excluding steroid dienone is 4. The third-order valence-corrected chi connectivity index (χ3v) is 5.78. The van der Waals surface area contributed by atoms with Gasteiger partial charge >= 0.3 is 0 Å². The van der Waals surface area contributed by atoms with Crippen molar-refractivity contribution in [1.82, 2.24) is 10.3 Å². The van der Waals surface area contributed by atoms with Gasteiger partial charge in [-0.3, -0.25) is 9.59 Å². The maximum atomic E-state index is 12.3. The summed E-state index contributed by atoms with van der Waals surface area (Å²) in [7, 11) is 0. The molecular formula is C25H27N3O3S. The number of nitrogens with zero attached hydrogens (tertiary/aromatic N) is 1. The lowest BCUT2D eigenvalue weighted by Gasteiger charge is -2.06. The van der Waals surface area contributed by atoms with Crippen LogP contribution < -0.4 is 10.6 Å². The summed E-state index contributed by atoms with van der Waals surface area (Å²) in [5.74, 6) is -0.479. The molecule has 3 N–H and O–H groups in total. The van der Waals surface area contributed by atoms with E-state index in [0.717, 1.165) is 28.6 Å². The number of phenols is 1. The van der Waals surface area contributed by atoms with Gasteiger partial charge in [-0.2, -0.15) is 0 Å². The molecule has 0 saturated carbocycles. The van der Waals surface area contributed by atoms with Gasteiger partial charge in [-0.05, 0) is 60.4 Å². The number of aromatic hydroxyl groups is 1. The normalized spacial score (nSPS) is 11.8. The fourth-order valence-corrected chi connectivity index (χ4v) is 4.12. The van der Waals surface area contributed by atoms with E-state index in [1.165, 1.54) is 29.0 Å². The van der Waals surface area contributed by atoms with Crippen molar-refractivity contribution in [3.8, 4) is 5.75 Å². The van der Waals surface area contributed by atoms with E-state index in [4.69, 9.17) is 0 Å². The summed E-state index contributed by atoms with van der Waals surface area (Å²) >= 11 is 1.49. The zero-order valence-corrected chi connectivity index (χ0v) is 19.0. The standard InChI is InChI=1S/C25H27N3O3S/c1-3-5-6-7-17(4-2)18-8-13-21-22(14-18)32-25(28-21)15-23(30)26-16-24(31)27-19-9-11-20(29)12-10-19/h5-14,29H,3-4,15-16H2,1-2H3,(H,26,30)(H,27,31)/b6-5-,17-7+. The van der Waals surface area contributed by atoms with Crippen molar-refractivity contribution >= 4 is 44.6 Å². The number of hydrogen-bond acceptors (Lipinski definition) is 5. The summed E-state index contributed by atoms with van der Waals surface area (Å²) in [6, 6.07) is 12.3. The van der Waals surface area contributed by atoms with Gasteiger partial charge in [0.15, 0.2) is 0 Å². The van der Waals surface area contributed by atoms with Gasteiger partial charge in [0.1, 0.15) is 10.8 Å². The Hall–Kier alpha value is -3.45. The molecule has 0 aliphatic carbocycles. The average Bonchev–Trinajstić information content (AvgIpc) is 3.18. The van der Waals surface area contributed by atoms with E-state index >= 15 is 0 Å². The molecule has 1 aromatic heterocycles. The maximum absolute atomic E-state index is 12.3. The predicted molar refractivity (Wildman–Crippen MR) is 131 cm³/mol. The minimum Gasteiger partial charge on any atom is -0.508 e. The Balaban J connectivity index is 1.58. The Bertz CT molecular complexity index is 1150. The van der Waals surface area contributed by atoms with Gasteiger partial charge in [-0.1, -0.05) is 38.1 Å². The van der Waals surface area contributed by atoms with E-state index in [9.17, 15) is 14.7 Å². The van der Waals surface area contributed by atoms with Crippen molar-refractivity contribution in [1.29, 1.82) is 0 Å². The quantitative estimate of drug-likeness (QED) is 0.315. The van der Waals surface area contributed by atoms with Crippen molar-refractivity contribution in [3.05, 3.63) is 71.3 Å². The highest BCUT2D eigenvalue weighted by Gasteiger charge is 2.12. The lowest BCUT2D eigenvalue weighted by atomic mass is 10.0. The van der Waals surface area contributed by atoms with Gasteiger partial charge < -0.3 is 15.7 Å². The molecule has 2 amide bonds. The van der Waals surface area contributed by atoms with Crippen LogP contribution in [0.1, 0.15) is 37.3 Å². The molecule has 0 aliphatic heterocycles. The van der Waals surface area contributed by atoms with E-state index in [1.54, 1.807) is 12.1 Å². The third-order valence-electron chi connectivity index (χ3n) is 4.76. The summed E-state index contributed by atoms with van der Waals surface area (Å²) in [6.45, 7) is 4.11. The number of fused-ring (bicyclic) bond motifs is 1. The molecule has 166 valence electrons. The Labute approximate surface area is 191 Å². The second kappa shape index (κ2) is 11.2. The molecule has 3 rings (SSSR count). The van der Waals surface area contributed by atoms with Crippen LogP contribution in [0.25, 0.3) is 15.8 Å². The van der Waals surface area contributed by atoms with Gasteiger partial charge in [-0.15, -0.1) is 11.3 Å². The molecule has 32 heavy (non-hydrogen) atoms. The Morgan fingerprint density at radius 3 is 2.59 bits per heavy atom. The van der Waals surface area contributed by atoms with E-state index in [0.29, 0.717) is 10.7 Å². The summed E-state index contributed by atoms with van der Waals surface area (Å²) in [5.41, 5.74) is 3.83. The summed E-state index contributed by atoms with van der Waals surface area (Å²) < 4.78 is 1.04. The lowest BCUT2D eigenvalue weighted by molar-refractivity contribution is -0.123. The maximum Gasteiger partial charge on any atom is 0.243 e. The first-order chi connectivity index (χ1) is 15.5. The van der Waals surface area contributed by atoms with E-state index < -0.39 is 0 Å². The fourth-order valence-electron chi connectivity index (χ4n) is 3.11. The minimum atomic E-state index is -0.339.